The highest BCUT2D eigenvalue weighted by Gasteiger charge is 2.40. The van der Waals surface area contributed by atoms with Gasteiger partial charge in [0.15, 0.2) is 6.10 Å². The first kappa shape index (κ1) is 13.7. The summed E-state index contributed by atoms with van der Waals surface area (Å²) in [5.41, 5.74) is -1.23. The molecule has 0 saturated heterocycles. The van der Waals surface area contributed by atoms with E-state index < -0.39 is 29.8 Å². The lowest BCUT2D eigenvalue weighted by atomic mass is 10.2. The van der Waals surface area contributed by atoms with Gasteiger partial charge in [-0.15, -0.1) is 0 Å². The van der Waals surface area contributed by atoms with Crippen molar-refractivity contribution in [2.45, 2.75) is 25.4 Å². The number of hydrogen-bond donors (Lipinski definition) is 0. The van der Waals surface area contributed by atoms with Gasteiger partial charge >= 0.3 is 12.4 Å². The van der Waals surface area contributed by atoms with Crippen molar-refractivity contribution in [2.75, 3.05) is 0 Å². The molecule has 1 rings (SSSR count). The molecule has 0 N–H and O–H groups in total. The zero-order valence-corrected chi connectivity index (χ0v) is 8.56. The predicted octanol–water partition coefficient (Wildman–Crippen LogP) is 4.04. The lowest BCUT2D eigenvalue weighted by Crippen LogP contribution is -2.31. The Labute approximate surface area is 93.0 Å². The summed E-state index contributed by atoms with van der Waals surface area (Å²) in [6, 6.07) is 3.77. The molecule has 7 heteroatoms. The Bertz CT molecular complexity index is 381. The molecule has 0 spiro atoms. The van der Waals surface area contributed by atoms with Gasteiger partial charge in [-0.2, -0.15) is 26.3 Å². The Morgan fingerprint density at radius 3 is 2.00 bits per heavy atom. The van der Waals surface area contributed by atoms with Crippen molar-refractivity contribution in [3.63, 3.8) is 0 Å². The normalized spacial score (nSPS) is 14.5. The summed E-state index contributed by atoms with van der Waals surface area (Å²) in [5.74, 6) is -0.829. The number of benzene rings is 1. The van der Waals surface area contributed by atoms with Gasteiger partial charge in [-0.25, -0.2) is 0 Å². The van der Waals surface area contributed by atoms with Crippen molar-refractivity contribution in [3.8, 4) is 5.75 Å². The van der Waals surface area contributed by atoms with E-state index in [1.165, 1.54) is 6.07 Å². The highest BCUT2D eigenvalue weighted by molar-refractivity contribution is 5.35. The molecule has 0 radical (unpaired) electrons. The van der Waals surface area contributed by atoms with E-state index in [1.54, 1.807) is 0 Å². The first-order chi connectivity index (χ1) is 7.62. The number of halogens is 6. The molecule has 0 fully saturated rings. The summed E-state index contributed by atoms with van der Waals surface area (Å²) in [7, 11) is 0. The van der Waals surface area contributed by atoms with E-state index in [0.717, 1.165) is 12.1 Å². The zero-order valence-electron chi connectivity index (χ0n) is 8.56. The van der Waals surface area contributed by atoms with E-state index in [9.17, 15) is 26.3 Å². The van der Waals surface area contributed by atoms with Crippen LogP contribution in [0.1, 0.15) is 12.5 Å². The van der Waals surface area contributed by atoms with Crippen LogP contribution in [-0.4, -0.2) is 12.3 Å². The molecule has 0 heterocycles. The minimum atomic E-state index is -4.75. The number of para-hydroxylation sites is 1. The molecule has 0 aliphatic heterocycles. The summed E-state index contributed by atoms with van der Waals surface area (Å²) < 4.78 is 78.1. The van der Waals surface area contributed by atoms with Crippen LogP contribution in [0.25, 0.3) is 0 Å². The quantitative estimate of drug-likeness (QED) is 0.727. The van der Waals surface area contributed by atoms with Crippen LogP contribution in [-0.2, 0) is 6.18 Å². The van der Waals surface area contributed by atoms with Crippen molar-refractivity contribution in [1.29, 1.82) is 0 Å². The Kier molecular flexibility index (Phi) is 3.59. The first-order valence-electron chi connectivity index (χ1n) is 4.52. The molecule has 0 aliphatic carbocycles. The van der Waals surface area contributed by atoms with Gasteiger partial charge in [0.1, 0.15) is 5.75 Å². The highest BCUT2D eigenvalue weighted by atomic mass is 19.4. The van der Waals surface area contributed by atoms with Crippen LogP contribution >= 0.6 is 0 Å². The summed E-state index contributed by atoms with van der Waals surface area (Å²) in [6.07, 6.45) is -11.8. The van der Waals surface area contributed by atoms with Crippen molar-refractivity contribution in [3.05, 3.63) is 29.8 Å². The molecule has 0 aliphatic rings. The van der Waals surface area contributed by atoms with E-state index in [2.05, 4.69) is 4.74 Å². The van der Waals surface area contributed by atoms with Crippen molar-refractivity contribution < 1.29 is 31.1 Å². The third-order valence-electron chi connectivity index (χ3n) is 1.96. The molecule has 1 aromatic rings. The molecule has 0 amide bonds. The lowest BCUT2D eigenvalue weighted by molar-refractivity contribution is -0.191. The lowest BCUT2D eigenvalue weighted by Gasteiger charge is -2.20. The van der Waals surface area contributed by atoms with Crippen LogP contribution < -0.4 is 4.74 Å². The Morgan fingerprint density at radius 2 is 1.53 bits per heavy atom. The number of ether oxygens (including phenoxy) is 1. The van der Waals surface area contributed by atoms with Gasteiger partial charge < -0.3 is 4.74 Å². The van der Waals surface area contributed by atoms with Crippen LogP contribution in [0.2, 0.25) is 0 Å². The minimum absolute atomic E-state index is 0.646. The molecule has 0 aromatic heterocycles. The van der Waals surface area contributed by atoms with E-state index in [0.29, 0.717) is 13.0 Å². The average molecular weight is 258 g/mol. The Morgan fingerprint density at radius 1 is 1.00 bits per heavy atom. The zero-order chi connectivity index (χ0) is 13.3. The van der Waals surface area contributed by atoms with Gasteiger partial charge in [0.2, 0.25) is 0 Å². The molecule has 0 bridgehead atoms. The molecule has 1 atom stereocenters. The standard InChI is InChI=1S/C10H8F6O/c1-6(9(11,12)13)17-8-5-3-2-4-7(8)10(14,15)16/h2-6H,1H3/t6-/m1/s1. The van der Waals surface area contributed by atoms with E-state index in [1.807, 2.05) is 0 Å². The van der Waals surface area contributed by atoms with Gasteiger partial charge in [-0.05, 0) is 19.1 Å². The van der Waals surface area contributed by atoms with Crippen molar-refractivity contribution >= 4 is 0 Å². The summed E-state index contributed by atoms with van der Waals surface area (Å²) in [4.78, 5) is 0. The van der Waals surface area contributed by atoms with Crippen molar-refractivity contribution in [1.82, 2.24) is 0 Å². The van der Waals surface area contributed by atoms with Gasteiger partial charge in [0.25, 0.3) is 0 Å². The predicted molar refractivity (Wildman–Crippen MR) is 47.6 cm³/mol. The molecule has 0 saturated carbocycles. The molecule has 1 aromatic carbocycles. The molecule has 17 heavy (non-hydrogen) atoms. The summed E-state index contributed by atoms with van der Waals surface area (Å²) in [5, 5.41) is 0. The smallest absolute Gasteiger partial charge is 0.425 e. The highest BCUT2D eigenvalue weighted by Crippen LogP contribution is 2.37. The van der Waals surface area contributed by atoms with Crippen LogP contribution in [0.4, 0.5) is 26.3 Å². The fourth-order valence-electron chi connectivity index (χ4n) is 1.06. The third kappa shape index (κ3) is 3.54. The SMILES string of the molecule is C[C@@H](Oc1ccccc1C(F)(F)F)C(F)(F)F. The van der Waals surface area contributed by atoms with Gasteiger partial charge in [-0.3, -0.25) is 0 Å². The number of hydrogen-bond acceptors (Lipinski definition) is 1. The van der Waals surface area contributed by atoms with Gasteiger partial charge in [0.05, 0.1) is 5.56 Å². The van der Waals surface area contributed by atoms with Crippen LogP contribution in [0.15, 0.2) is 24.3 Å². The van der Waals surface area contributed by atoms with Crippen LogP contribution in [0.3, 0.4) is 0 Å². The molecule has 0 unspecified atom stereocenters. The fourth-order valence-corrected chi connectivity index (χ4v) is 1.06. The minimum Gasteiger partial charge on any atom is -0.481 e. The second-order valence-electron chi connectivity index (χ2n) is 3.30. The molecular formula is C10H8F6O. The van der Waals surface area contributed by atoms with Gasteiger partial charge in [0, 0.05) is 0 Å². The van der Waals surface area contributed by atoms with E-state index >= 15 is 0 Å². The van der Waals surface area contributed by atoms with Gasteiger partial charge in [-0.1, -0.05) is 12.1 Å². The maximum atomic E-state index is 12.4. The van der Waals surface area contributed by atoms with Crippen molar-refractivity contribution in [2.24, 2.45) is 0 Å². The second kappa shape index (κ2) is 4.46. The Balaban J connectivity index is 3.00. The molecule has 96 valence electrons. The largest absolute Gasteiger partial charge is 0.481 e. The average Bonchev–Trinajstić information content (AvgIpc) is 2.15. The monoisotopic (exact) mass is 258 g/mol. The van der Waals surface area contributed by atoms with Crippen LogP contribution in [0, 0.1) is 0 Å². The van der Waals surface area contributed by atoms with E-state index in [4.69, 9.17) is 0 Å². The molecular weight excluding hydrogens is 250 g/mol. The first-order valence-corrected chi connectivity index (χ1v) is 4.52. The Hall–Kier alpha value is -1.40. The fraction of sp³-hybridized carbons (Fsp3) is 0.400. The third-order valence-corrected chi connectivity index (χ3v) is 1.96. The maximum absolute atomic E-state index is 12.4. The maximum Gasteiger partial charge on any atom is 0.425 e. The summed E-state index contributed by atoms with van der Waals surface area (Å²) >= 11 is 0. The number of rotatable bonds is 2. The van der Waals surface area contributed by atoms with E-state index in [-0.39, 0.29) is 0 Å². The number of alkyl halides is 6. The topological polar surface area (TPSA) is 9.23 Å². The second-order valence-corrected chi connectivity index (χ2v) is 3.30. The summed E-state index contributed by atoms with van der Waals surface area (Å²) in [6.45, 7) is 0.646. The molecule has 1 nitrogen and oxygen atoms in total. The van der Waals surface area contributed by atoms with Crippen LogP contribution in [0.5, 0.6) is 5.75 Å².